The number of rotatable bonds is 6. The van der Waals surface area contributed by atoms with Gasteiger partial charge in [0, 0.05) is 48.5 Å². The van der Waals surface area contributed by atoms with Crippen molar-refractivity contribution in [3.8, 4) is 6.07 Å². The first-order valence-electron chi connectivity index (χ1n) is 10.6. The fourth-order valence-corrected chi connectivity index (χ4v) is 5.12. The second kappa shape index (κ2) is 7.83. The first-order chi connectivity index (χ1) is 14.6. The Bertz CT molecular complexity index is 930. The van der Waals surface area contributed by atoms with Crippen LogP contribution in [0.15, 0.2) is 24.0 Å². The van der Waals surface area contributed by atoms with Crippen molar-refractivity contribution < 1.29 is 13.2 Å². The third-order valence-electron chi connectivity index (χ3n) is 6.68. The number of nitriles is 1. The summed E-state index contributed by atoms with van der Waals surface area (Å²) in [6.07, 6.45) is 0.398. The minimum Gasteiger partial charge on any atom is -0.386 e. The van der Waals surface area contributed by atoms with Gasteiger partial charge in [-0.15, -0.1) is 0 Å². The SMILES string of the molecule is CC(C)N/C(=C\C(=N)c1cnc(N)c(C(F)(F)F)c1)[C@H]1[C@@H]2C[C@H](N3CC(C#N)C3)C[C@@H]21. The van der Waals surface area contributed by atoms with Gasteiger partial charge in [0.05, 0.1) is 23.3 Å². The van der Waals surface area contributed by atoms with Crippen molar-refractivity contribution in [2.45, 2.75) is 44.9 Å². The first kappa shape index (κ1) is 21.6. The van der Waals surface area contributed by atoms with Gasteiger partial charge in [0.2, 0.25) is 0 Å². The maximum absolute atomic E-state index is 13.2. The molecule has 3 aliphatic rings. The average Bonchev–Trinajstić information content (AvgIpc) is 3.13. The molecule has 4 atom stereocenters. The van der Waals surface area contributed by atoms with Gasteiger partial charge in [-0.05, 0) is 50.7 Å². The van der Waals surface area contributed by atoms with E-state index in [0.717, 1.165) is 37.7 Å². The van der Waals surface area contributed by atoms with Crippen LogP contribution in [0.5, 0.6) is 0 Å². The monoisotopic (exact) mass is 432 g/mol. The molecule has 2 saturated carbocycles. The standard InChI is InChI=1S/C22H27F3N6/c1-11(2)30-19(6-18(27)13-3-17(22(23,24)25)21(28)29-8-13)20-15-4-14(5-16(15)20)31-9-12(7-26)10-31/h3,6,8,11-12,14-16,20,27,30H,4-5,9-10H2,1-2H3,(H2,28,29)/b19-6-,27-18?/t14-,15+,16-,20-. The number of likely N-dealkylation sites (tertiary alicyclic amines) is 1. The van der Waals surface area contributed by atoms with E-state index in [0.29, 0.717) is 23.8 Å². The van der Waals surface area contributed by atoms with Crippen molar-refractivity contribution in [2.24, 2.45) is 23.7 Å². The fraction of sp³-hybridized carbons (Fsp3) is 0.591. The normalized spacial score (nSPS) is 28.7. The fourth-order valence-electron chi connectivity index (χ4n) is 5.12. The molecule has 1 aliphatic heterocycles. The summed E-state index contributed by atoms with van der Waals surface area (Å²) in [5, 5.41) is 20.8. The van der Waals surface area contributed by atoms with Crippen LogP contribution in [0.3, 0.4) is 0 Å². The van der Waals surface area contributed by atoms with Gasteiger partial charge in [0.15, 0.2) is 0 Å². The third-order valence-corrected chi connectivity index (χ3v) is 6.68. The van der Waals surface area contributed by atoms with Gasteiger partial charge in [-0.1, -0.05) is 0 Å². The van der Waals surface area contributed by atoms with Crippen LogP contribution < -0.4 is 11.1 Å². The Kier molecular flexibility index (Phi) is 5.46. The van der Waals surface area contributed by atoms with Crippen LogP contribution in [0.25, 0.3) is 0 Å². The molecule has 0 aromatic carbocycles. The lowest BCUT2D eigenvalue weighted by Gasteiger charge is -2.41. The second-order valence-corrected chi connectivity index (χ2v) is 9.23. The lowest BCUT2D eigenvalue weighted by Crippen LogP contribution is -2.51. The maximum Gasteiger partial charge on any atom is 0.419 e. The number of hydrogen-bond donors (Lipinski definition) is 3. The number of aromatic nitrogens is 1. The summed E-state index contributed by atoms with van der Waals surface area (Å²) in [5.74, 6) is 0.914. The Hall–Kier alpha value is -2.60. The van der Waals surface area contributed by atoms with Gasteiger partial charge >= 0.3 is 6.18 Å². The molecule has 31 heavy (non-hydrogen) atoms. The largest absolute Gasteiger partial charge is 0.419 e. The molecule has 0 amide bonds. The van der Waals surface area contributed by atoms with Crippen LogP contribution in [0.4, 0.5) is 19.0 Å². The van der Waals surface area contributed by atoms with Crippen molar-refractivity contribution >= 4 is 11.5 Å². The highest BCUT2D eigenvalue weighted by Gasteiger charge is 2.59. The molecular formula is C22H27F3N6. The van der Waals surface area contributed by atoms with Crippen molar-refractivity contribution in [3.63, 3.8) is 0 Å². The maximum atomic E-state index is 13.2. The van der Waals surface area contributed by atoms with E-state index < -0.39 is 17.6 Å². The zero-order chi connectivity index (χ0) is 22.5. The molecule has 6 nitrogen and oxygen atoms in total. The number of anilines is 1. The highest BCUT2D eigenvalue weighted by atomic mass is 19.4. The van der Waals surface area contributed by atoms with Gasteiger partial charge in [-0.25, -0.2) is 4.98 Å². The summed E-state index contributed by atoms with van der Waals surface area (Å²) in [5.41, 5.74) is 5.36. The molecule has 0 radical (unpaired) electrons. The Balaban J connectivity index is 1.47. The lowest BCUT2D eigenvalue weighted by atomic mass is 9.95. The molecule has 1 saturated heterocycles. The second-order valence-electron chi connectivity index (χ2n) is 9.23. The molecule has 0 spiro atoms. The van der Waals surface area contributed by atoms with E-state index in [1.54, 1.807) is 6.08 Å². The summed E-state index contributed by atoms with van der Waals surface area (Å²) in [4.78, 5) is 6.04. The van der Waals surface area contributed by atoms with Crippen LogP contribution >= 0.6 is 0 Å². The number of nitrogens with one attached hydrogen (secondary N) is 2. The van der Waals surface area contributed by atoms with Gasteiger partial charge in [0.1, 0.15) is 5.82 Å². The van der Waals surface area contributed by atoms with E-state index in [4.69, 9.17) is 16.4 Å². The van der Waals surface area contributed by atoms with Crippen LogP contribution in [0.1, 0.15) is 37.8 Å². The number of fused-ring (bicyclic) bond motifs is 1. The average molecular weight is 432 g/mol. The van der Waals surface area contributed by atoms with E-state index in [9.17, 15) is 13.2 Å². The molecule has 0 unspecified atom stereocenters. The molecule has 2 heterocycles. The molecular weight excluding hydrogens is 405 g/mol. The van der Waals surface area contributed by atoms with Crippen molar-refractivity contribution in [1.29, 1.82) is 10.7 Å². The van der Waals surface area contributed by atoms with Gasteiger partial charge in [0.25, 0.3) is 0 Å². The van der Waals surface area contributed by atoms with Crippen LogP contribution in [0, 0.1) is 40.4 Å². The number of allylic oxidation sites excluding steroid dienone is 2. The quantitative estimate of drug-likeness (QED) is 0.598. The van der Waals surface area contributed by atoms with E-state index in [-0.39, 0.29) is 23.2 Å². The summed E-state index contributed by atoms with van der Waals surface area (Å²) in [6.45, 7) is 5.73. The van der Waals surface area contributed by atoms with Gasteiger partial charge in [-0.2, -0.15) is 18.4 Å². The third kappa shape index (κ3) is 4.26. The highest BCUT2D eigenvalue weighted by molar-refractivity contribution is 6.07. The summed E-state index contributed by atoms with van der Waals surface area (Å²) >= 11 is 0. The number of alkyl halides is 3. The Morgan fingerprint density at radius 1 is 1.35 bits per heavy atom. The summed E-state index contributed by atoms with van der Waals surface area (Å²) in [7, 11) is 0. The smallest absolute Gasteiger partial charge is 0.386 e. The van der Waals surface area contributed by atoms with E-state index in [1.807, 2.05) is 13.8 Å². The van der Waals surface area contributed by atoms with Crippen molar-refractivity contribution in [1.82, 2.24) is 15.2 Å². The number of hydrogen-bond acceptors (Lipinski definition) is 6. The minimum absolute atomic E-state index is 0.0118. The van der Waals surface area contributed by atoms with E-state index in [2.05, 4.69) is 21.3 Å². The van der Waals surface area contributed by atoms with Crippen molar-refractivity contribution in [3.05, 3.63) is 35.2 Å². The molecule has 3 fully saturated rings. The Morgan fingerprint density at radius 3 is 2.55 bits per heavy atom. The van der Waals surface area contributed by atoms with E-state index in [1.165, 1.54) is 6.20 Å². The highest BCUT2D eigenvalue weighted by Crippen LogP contribution is 2.61. The molecule has 1 aromatic rings. The molecule has 1 aromatic heterocycles. The number of nitrogens with zero attached hydrogens (tertiary/aromatic N) is 3. The molecule has 2 aliphatic carbocycles. The molecule has 4 N–H and O–H groups in total. The molecule has 166 valence electrons. The summed E-state index contributed by atoms with van der Waals surface area (Å²) < 4.78 is 39.5. The predicted molar refractivity (Wildman–Crippen MR) is 111 cm³/mol. The van der Waals surface area contributed by atoms with Crippen molar-refractivity contribution in [2.75, 3.05) is 18.8 Å². The van der Waals surface area contributed by atoms with Crippen LogP contribution in [-0.4, -0.2) is 40.8 Å². The zero-order valence-corrected chi connectivity index (χ0v) is 17.6. The van der Waals surface area contributed by atoms with Crippen LogP contribution in [-0.2, 0) is 6.18 Å². The molecule has 0 bridgehead atoms. The molecule has 9 heteroatoms. The number of nitrogen functional groups attached to an aromatic ring is 1. The minimum atomic E-state index is -4.61. The molecule has 4 rings (SSSR count). The number of halogens is 3. The van der Waals surface area contributed by atoms with Gasteiger partial charge < -0.3 is 16.5 Å². The van der Waals surface area contributed by atoms with E-state index >= 15 is 0 Å². The first-order valence-corrected chi connectivity index (χ1v) is 10.6. The zero-order valence-electron chi connectivity index (χ0n) is 17.6. The van der Waals surface area contributed by atoms with Crippen LogP contribution in [0.2, 0.25) is 0 Å². The summed E-state index contributed by atoms with van der Waals surface area (Å²) in [6, 6.07) is 3.88. The number of pyridine rings is 1. The topological polar surface area (TPSA) is 102 Å². The Morgan fingerprint density at radius 2 is 2.00 bits per heavy atom. The Labute approximate surface area is 179 Å². The number of nitrogens with two attached hydrogens (primary N) is 1. The predicted octanol–water partition coefficient (Wildman–Crippen LogP) is 3.41. The van der Waals surface area contributed by atoms with Gasteiger partial charge in [-0.3, -0.25) is 4.90 Å². The lowest BCUT2D eigenvalue weighted by molar-refractivity contribution is -0.137.